The Balaban J connectivity index is 2.26. The Hall–Kier alpha value is -1.53. The zero-order valence-electron chi connectivity index (χ0n) is 13.5. The van der Waals surface area contributed by atoms with Crippen molar-refractivity contribution in [3.8, 4) is 17.1 Å². The lowest BCUT2D eigenvalue weighted by Crippen LogP contribution is -2.06. The van der Waals surface area contributed by atoms with Gasteiger partial charge in [-0.1, -0.05) is 50.7 Å². The van der Waals surface area contributed by atoms with E-state index < -0.39 is 5.97 Å². The average Bonchev–Trinajstić information content (AvgIpc) is 2.93. The Bertz CT molecular complexity index is 971. The Kier molecular flexibility index (Phi) is 5.92. The topological polar surface area (TPSA) is 44.1 Å². The molecule has 0 radical (unpaired) electrons. The van der Waals surface area contributed by atoms with Gasteiger partial charge in [0.2, 0.25) is 0 Å². The molecule has 3 aromatic rings. The third-order valence-electron chi connectivity index (χ3n) is 3.55. The number of carbonyl (C=O) groups excluding carboxylic acids is 1. The zero-order valence-corrected chi connectivity index (χ0v) is 17.3. The number of nitrogens with zero attached hydrogens (tertiary/aromatic N) is 2. The maximum Gasteiger partial charge on any atom is 0.360 e. The minimum Gasteiger partial charge on any atom is -0.461 e. The van der Waals surface area contributed by atoms with Crippen LogP contribution in [0.25, 0.3) is 17.1 Å². The van der Waals surface area contributed by atoms with Crippen LogP contribution in [0.4, 0.5) is 0 Å². The van der Waals surface area contributed by atoms with Crippen LogP contribution in [0.1, 0.15) is 17.4 Å². The van der Waals surface area contributed by atoms with E-state index in [1.165, 1.54) is 0 Å². The number of esters is 1. The van der Waals surface area contributed by atoms with Crippen molar-refractivity contribution in [3.05, 3.63) is 67.8 Å². The summed E-state index contributed by atoms with van der Waals surface area (Å²) in [5.74, 6) is -0.179. The van der Waals surface area contributed by atoms with Crippen molar-refractivity contribution in [2.75, 3.05) is 6.61 Å². The quantitative estimate of drug-likeness (QED) is 0.409. The van der Waals surface area contributed by atoms with E-state index in [9.17, 15) is 4.79 Å². The molecule has 1 aromatic heterocycles. The van der Waals surface area contributed by atoms with Gasteiger partial charge in [0.1, 0.15) is 11.0 Å². The fraction of sp³-hybridized carbons (Fsp3) is 0.111. The third-order valence-corrected chi connectivity index (χ3v) is 4.97. The summed E-state index contributed by atoms with van der Waals surface area (Å²) in [6, 6.07) is 12.5. The molecule has 26 heavy (non-hydrogen) atoms. The van der Waals surface area contributed by atoms with Crippen LogP contribution in [0.15, 0.2) is 46.9 Å². The molecule has 0 aliphatic carbocycles. The summed E-state index contributed by atoms with van der Waals surface area (Å²) in [6.07, 6.45) is 0. The van der Waals surface area contributed by atoms with E-state index in [1.54, 1.807) is 29.7 Å². The van der Waals surface area contributed by atoms with Crippen LogP contribution in [-0.2, 0) is 4.74 Å². The number of aromatic nitrogens is 2. The second kappa shape index (κ2) is 8.01. The number of rotatable bonds is 4. The number of ether oxygens (including phenoxy) is 1. The van der Waals surface area contributed by atoms with Crippen LogP contribution in [-0.4, -0.2) is 22.1 Å². The summed E-state index contributed by atoms with van der Waals surface area (Å²) >= 11 is 22.2. The van der Waals surface area contributed by atoms with Gasteiger partial charge in [0.05, 0.1) is 11.6 Å². The Morgan fingerprint density at radius 1 is 1.15 bits per heavy atom. The molecule has 8 heteroatoms. The van der Waals surface area contributed by atoms with Gasteiger partial charge in [-0.3, -0.25) is 4.57 Å². The van der Waals surface area contributed by atoms with Gasteiger partial charge in [0.25, 0.3) is 0 Å². The lowest BCUT2D eigenvalue weighted by Gasteiger charge is -2.11. The highest BCUT2D eigenvalue weighted by atomic mass is 79.9. The van der Waals surface area contributed by atoms with Crippen LogP contribution in [0.5, 0.6) is 0 Å². The van der Waals surface area contributed by atoms with Crippen molar-refractivity contribution in [2.24, 2.45) is 0 Å². The molecule has 4 nitrogen and oxygen atoms in total. The van der Waals surface area contributed by atoms with Gasteiger partial charge in [0.15, 0.2) is 5.69 Å². The molecular weight excluding hydrogens is 462 g/mol. The molecule has 0 saturated carbocycles. The highest BCUT2D eigenvalue weighted by molar-refractivity contribution is 9.10. The van der Waals surface area contributed by atoms with Crippen molar-refractivity contribution in [1.29, 1.82) is 0 Å². The van der Waals surface area contributed by atoms with Gasteiger partial charge in [0, 0.05) is 20.7 Å². The highest BCUT2D eigenvalue weighted by Crippen LogP contribution is 2.35. The molecule has 0 amide bonds. The van der Waals surface area contributed by atoms with Crippen molar-refractivity contribution < 1.29 is 9.53 Å². The Morgan fingerprint density at radius 3 is 2.46 bits per heavy atom. The van der Waals surface area contributed by atoms with E-state index in [0.29, 0.717) is 21.4 Å². The summed E-state index contributed by atoms with van der Waals surface area (Å²) in [5.41, 5.74) is 1.34. The van der Waals surface area contributed by atoms with Crippen LogP contribution >= 0.6 is 50.7 Å². The van der Waals surface area contributed by atoms with Crippen molar-refractivity contribution >= 4 is 56.7 Å². The molecule has 0 bridgehead atoms. The fourth-order valence-electron chi connectivity index (χ4n) is 2.41. The molecule has 0 aliphatic rings. The molecule has 0 N–H and O–H groups in total. The van der Waals surface area contributed by atoms with Crippen molar-refractivity contribution in [1.82, 2.24) is 9.55 Å². The van der Waals surface area contributed by atoms with E-state index in [-0.39, 0.29) is 17.5 Å². The first-order valence-electron chi connectivity index (χ1n) is 7.59. The normalized spacial score (nSPS) is 10.8. The van der Waals surface area contributed by atoms with Crippen LogP contribution in [0, 0.1) is 0 Å². The van der Waals surface area contributed by atoms with Gasteiger partial charge in [-0.05, 0) is 49.4 Å². The van der Waals surface area contributed by atoms with Crippen LogP contribution in [0.3, 0.4) is 0 Å². The highest BCUT2D eigenvalue weighted by Gasteiger charge is 2.25. The monoisotopic (exact) mass is 472 g/mol. The second-order valence-electron chi connectivity index (χ2n) is 5.23. The maximum absolute atomic E-state index is 12.2. The molecular formula is C18H12BrCl3N2O2. The van der Waals surface area contributed by atoms with Crippen molar-refractivity contribution in [3.63, 3.8) is 0 Å². The lowest BCUT2D eigenvalue weighted by atomic mass is 10.2. The van der Waals surface area contributed by atoms with E-state index in [4.69, 9.17) is 39.5 Å². The average molecular weight is 475 g/mol. The first-order valence-corrected chi connectivity index (χ1v) is 9.51. The smallest absolute Gasteiger partial charge is 0.360 e. The predicted octanol–water partition coefficient (Wildman–Crippen LogP) is 6.44. The zero-order chi connectivity index (χ0) is 18.8. The first-order chi connectivity index (χ1) is 12.4. The number of halogens is 4. The molecule has 2 aromatic carbocycles. The number of imidazole rings is 1. The van der Waals surface area contributed by atoms with Gasteiger partial charge < -0.3 is 4.74 Å². The van der Waals surface area contributed by atoms with Crippen molar-refractivity contribution in [2.45, 2.75) is 6.92 Å². The van der Waals surface area contributed by atoms with Gasteiger partial charge in [-0.25, -0.2) is 9.78 Å². The molecule has 134 valence electrons. The summed E-state index contributed by atoms with van der Waals surface area (Å²) in [4.78, 5) is 16.6. The molecule has 0 saturated heterocycles. The third kappa shape index (κ3) is 3.76. The fourth-order valence-corrected chi connectivity index (χ4v) is 3.46. The Labute approximate surface area is 173 Å². The SMILES string of the molecule is CCOC(=O)c1nc(-c2ccc(Cl)cc2Cl)n(-c2ccc(Br)cc2)c1Cl. The maximum atomic E-state index is 12.2. The molecule has 0 unspecified atom stereocenters. The van der Waals surface area contributed by atoms with E-state index >= 15 is 0 Å². The largest absolute Gasteiger partial charge is 0.461 e. The van der Waals surface area contributed by atoms with Crippen LogP contribution < -0.4 is 0 Å². The number of hydrogen-bond donors (Lipinski definition) is 0. The molecule has 0 fully saturated rings. The summed E-state index contributed by atoms with van der Waals surface area (Å²) in [6.45, 7) is 1.94. The number of benzene rings is 2. The molecule has 0 spiro atoms. The molecule has 0 atom stereocenters. The van der Waals surface area contributed by atoms with Crippen LogP contribution in [0.2, 0.25) is 15.2 Å². The lowest BCUT2D eigenvalue weighted by molar-refractivity contribution is 0.0520. The minimum atomic E-state index is -0.598. The van der Waals surface area contributed by atoms with Gasteiger partial charge in [-0.2, -0.15) is 0 Å². The van der Waals surface area contributed by atoms with E-state index in [2.05, 4.69) is 20.9 Å². The summed E-state index contributed by atoms with van der Waals surface area (Å²) in [7, 11) is 0. The number of carbonyl (C=O) groups is 1. The summed E-state index contributed by atoms with van der Waals surface area (Å²) in [5, 5.41) is 1.04. The van der Waals surface area contributed by atoms with E-state index in [1.807, 2.05) is 24.3 Å². The molecule has 3 rings (SSSR count). The standard InChI is InChI=1S/C18H12BrCl3N2O2/c1-2-26-18(25)15-16(22)24(12-6-3-10(19)4-7-12)17(23-15)13-8-5-11(20)9-14(13)21/h3-9H,2H2,1H3. The minimum absolute atomic E-state index is 0.0254. The first kappa shape index (κ1) is 19.2. The molecule has 0 aliphatic heterocycles. The second-order valence-corrected chi connectivity index (χ2v) is 7.35. The summed E-state index contributed by atoms with van der Waals surface area (Å²) < 4.78 is 7.62. The van der Waals surface area contributed by atoms with Gasteiger partial charge >= 0.3 is 5.97 Å². The predicted molar refractivity (Wildman–Crippen MR) is 108 cm³/mol. The Morgan fingerprint density at radius 2 is 1.85 bits per heavy atom. The van der Waals surface area contributed by atoms with Gasteiger partial charge in [-0.15, -0.1) is 0 Å². The number of hydrogen-bond acceptors (Lipinski definition) is 3. The molecule has 1 heterocycles. The van der Waals surface area contributed by atoms with E-state index in [0.717, 1.165) is 10.2 Å².